The quantitative estimate of drug-likeness (QED) is 0.0983. The summed E-state index contributed by atoms with van der Waals surface area (Å²) in [4.78, 5) is 2.50. The molecule has 0 aliphatic heterocycles. The van der Waals surface area contributed by atoms with E-state index in [1.54, 1.807) is 19.3 Å². The van der Waals surface area contributed by atoms with Gasteiger partial charge in [0.25, 0.3) is 0 Å². The fourth-order valence-corrected chi connectivity index (χ4v) is 6.23. The summed E-state index contributed by atoms with van der Waals surface area (Å²) in [7, 11) is 4.59. The maximum absolute atomic E-state index is 2.50. The van der Waals surface area contributed by atoms with E-state index < -0.39 is 0 Å². The topological polar surface area (TPSA) is 3.24 Å². The van der Waals surface area contributed by atoms with Crippen LogP contribution in [0, 0.1) is 11.8 Å². The summed E-state index contributed by atoms with van der Waals surface area (Å²) in [5.41, 5.74) is 0. The Kier molecular flexibility index (Phi) is 22.9. The summed E-state index contributed by atoms with van der Waals surface area (Å²) in [6.45, 7) is 4.62. The molecule has 0 amide bonds. The molecule has 0 heterocycles. The molecule has 3 atom stereocenters. The van der Waals surface area contributed by atoms with Crippen LogP contribution in [0.2, 0.25) is 0 Å². The fraction of sp³-hybridized carbons (Fsp3) is 1.00. The number of hydrogen-bond donors (Lipinski definition) is 0. The second-order valence-electron chi connectivity index (χ2n) is 12.6. The van der Waals surface area contributed by atoms with Crippen LogP contribution in [0.5, 0.6) is 0 Å². The number of nitrogens with zero attached hydrogens (tertiary/aromatic N) is 1. The highest BCUT2D eigenvalue weighted by atomic mass is 15.1. The zero-order valence-corrected chi connectivity index (χ0v) is 25.3. The van der Waals surface area contributed by atoms with Gasteiger partial charge in [-0.1, -0.05) is 168 Å². The summed E-state index contributed by atoms with van der Waals surface area (Å²) in [5.74, 6) is 2.26. The summed E-state index contributed by atoms with van der Waals surface area (Å²) >= 11 is 0. The molecule has 1 fully saturated rings. The van der Waals surface area contributed by atoms with Gasteiger partial charge < -0.3 is 4.90 Å². The second-order valence-corrected chi connectivity index (χ2v) is 12.6. The van der Waals surface area contributed by atoms with Crippen molar-refractivity contribution >= 4 is 0 Å². The van der Waals surface area contributed by atoms with Crippen molar-refractivity contribution in [2.24, 2.45) is 11.8 Å². The van der Waals surface area contributed by atoms with Crippen LogP contribution < -0.4 is 0 Å². The normalized spacial score (nSPS) is 18.4. The Hall–Kier alpha value is -0.0400. The standard InChI is InChI=1S/C34H69N/c1-5-7-9-11-16-21-25-29-34(35(3)4)30-26-22-18-15-13-14-17-20-24-28-33-31-32(33)27-23-19-12-10-8-6-2/h32-34H,5-31H2,1-4H3/t32-,33?,34?/m1/s1. The van der Waals surface area contributed by atoms with Gasteiger partial charge in [0.1, 0.15) is 0 Å². The zero-order valence-electron chi connectivity index (χ0n) is 25.3. The van der Waals surface area contributed by atoms with Gasteiger partial charge in [0.05, 0.1) is 0 Å². The molecule has 1 nitrogen and oxygen atoms in total. The molecule has 1 aliphatic rings. The van der Waals surface area contributed by atoms with E-state index in [1.807, 2.05) is 0 Å². The SMILES string of the molecule is CCCCCCCCCC(CCCCCCCCCCCC1C[C@H]1CCCCCCCC)N(C)C. The lowest BCUT2D eigenvalue weighted by Gasteiger charge is -2.24. The van der Waals surface area contributed by atoms with Crippen LogP contribution in [-0.4, -0.2) is 25.0 Å². The lowest BCUT2D eigenvalue weighted by Crippen LogP contribution is -2.27. The summed E-state index contributed by atoms with van der Waals surface area (Å²) in [6.07, 6.45) is 39.7. The molecule has 210 valence electrons. The van der Waals surface area contributed by atoms with Gasteiger partial charge in [0.15, 0.2) is 0 Å². The molecule has 0 radical (unpaired) electrons. The Morgan fingerprint density at radius 2 is 0.771 bits per heavy atom. The van der Waals surface area contributed by atoms with Crippen molar-refractivity contribution in [3.8, 4) is 0 Å². The lowest BCUT2D eigenvalue weighted by molar-refractivity contribution is 0.251. The largest absolute Gasteiger partial charge is 0.306 e. The predicted octanol–water partition coefficient (Wildman–Crippen LogP) is 11.7. The van der Waals surface area contributed by atoms with Crippen LogP contribution in [0.1, 0.15) is 187 Å². The van der Waals surface area contributed by atoms with Crippen molar-refractivity contribution in [2.75, 3.05) is 14.1 Å². The Morgan fingerprint density at radius 3 is 1.11 bits per heavy atom. The van der Waals surface area contributed by atoms with Gasteiger partial charge in [-0.05, 0) is 45.2 Å². The van der Waals surface area contributed by atoms with E-state index in [1.165, 1.54) is 154 Å². The molecule has 0 saturated heterocycles. The molecular formula is C34H69N. The van der Waals surface area contributed by atoms with E-state index in [0.29, 0.717) is 0 Å². The predicted molar refractivity (Wildman–Crippen MR) is 160 cm³/mol. The minimum atomic E-state index is 0.822. The molecule has 0 aromatic heterocycles. The number of hydrogen-bond acceptors (Lipinski definition) is 1. The summed E-state index contributed by atoms with van der Waals surface area (Å²) < 4.78 is 0. The van der Waals surface area contributed by atoms with Crippen molar-refractivity contribution in [3.63, 3.8) is 0 Å². The Bertz CT molecular complexity index is 417. The molecule has 0 aromatic carbocycles. The van der Waals surface area contributed by atoms with E-state index in [9.17, 15) is 0 Å². The van der Waals surface area contributed by atoms with Crippen molar-refractivity contribution in [1.82, 2.24) is 4.90 Å². The Balaban J connectivity index is 1.81. The number of rotatable bonds is 28. The first-order valence-electron chi connectivity index (χ1n) is 16.8. The third-order valence-electron chi connectivity index (χ3n) is 8.98. The first-order valence-corrected chi connectivity index (χ1v) is 16.8. The minimum Gasteiger partial charge on any atom is -0.306 e. The van der Waals surface area contributed by atoms with Crippen LogP contribution in [0.25, 0.3) is 0 Å². The van der Waals surface area contributed by atoms with E-state index in [-0.39, 0.29) is 0 Å². The fourth-order valence-electron chi connectivity index (χ4n) is 6.23. The van der Waals surface area contributed by atoms with Crippen LogP contribution in [0.4, 0.5) is 0 Å². The first-order chi connectivity index (χ1) is 17.2. The third kappa shape index (κ3) is 20.7. The molecule has 1 rings (SSSR count). The maximum Gasteiger partial charge on any atom is 0.00891 e. The molecule has 0 spiro atoms. The van der Waals surface area contributed by atoms with Gasteiger partial charge >= 0.3 is 0 Å². The van der Waals surface area contributed by atoms with Gasteiger partial charge in [0.2, 0.25) is 0 Å². The molecule has 1 saturated carbocycles. The van der Waals surface area contributed by atoms with E-state index in [0.717, 1.165) is 17.9 Å². The smallest absolute Gasteiger partial charge is 0.00891 e. The molecule has 0 bridgehead atoms. The zero-order chi connectivity index (χ0) is 25.4. The van der Waals surface area contributed by atoms with Crippen molar-refractivity contribution in [3.05, 3.63) is 0 Å². The highest BCUT2D eigenvalue weighted by molar-refractivity contribution is 4.85. The average molecular weight is 492 g/mol. The highest BCUT2D eigenvalue weighted by Crippen LogP contribution is 2.45. The molecule has 2 unspecified atom stereocenters. The van der Waals surface area contributed by atoms with Gasteiger partial charge in [-0.3, -0.25) is 0 Å². The van der Waals surface area contributed by atoms with Crippen LogP contribution in [-0.2, 0) is 0 Å². The Morgan fingerprint density at radius 1 is 0.457 bits per heavy atom. The maximum atomic E-state index is 2.50. The van der Waals surface area contributed by atoms with Crippen molar-refractivity contribution in [2.45, 2.75) is 193 Å². The second kappa shape index (κ2) is 24.3. The molecule has 35 heavy (non-hydrogen) atoms. The van der Waals surface area contributed by atoms with Crippen LogP contribution in [0.3, 0.4) is 0 Å². The van der Waals surface area contributed by atoms with E-state index >= 15 is 0 Å². The Labute approximate surface area is 224 Å². The van der Waals surface area contributed by atoms with Crippen molar-refractivity contribution in [1.29, 1.82) is 0 Å². The highest BCUT2D eigenvalue weighted by Gasteiger charge is 2.34. The van der Waals surface area contributed by atoms with E-state index in [4.69, 9.17) is 0 Å². The summed E-state index contributed by atoms with van der Waals surface area (Å²) in [6, 6.07) is 0.822. The molecule has 1 heteroatoms. The molecule has 0 N–H and O–H groups in total. The average Bonchev–Trinajstić information content (AvgIpc) is 3.60. The molecule has 1 aliphatic carbocycles. The monoisotopic (exact) mass is 492 g/mol. The van der Waals surface area contributed by atoms with Gasteiger partial charge in [-0.25, -0.2) is 0 Å². The van der Waals surface area contributed by atoms with Crippen LogP contribution >= 0.6 is 0 Å². The third-order valence-corrected chi connectivity index (χ3v) is 8.98. The first kappa shape index (κ1) is 33.0. The van der Waals surface area contributed by atoms with Gasteiger partial charge in [-0.2, -0.15) is 0 Å². The summed E-state index contributed by atoms with van der Waals surface area (Å²) in [5, 5.41) is 0. The van der Waals surface area contributed by atoms with Gasteiger partial charge in [-0.15, -0.1) is 0 Å². The lowest BCUT2D eigenvalue weighted by atomic mass is 9.99. The number of unbranched alkanes of at least 4 members (excludes halogenated alkanes) is 19. The van der Waals surface area contributed by atoms with Crippen molar-refractivity contribution < 1.29 is 0 Å². The minimum absolute atomic E-state index is 0.822. The van der Waals surface area contributed by atoms with E-state index in [2.05, 4.69) is 32.8 Å². The molecular weight excluding hydrogens is 422 g/mol. The van der Waals surface area contributed by atoms with Crippen LogP contribution in [0.15, 0.2) is 0 Å². The van der Waals surface area contributed by atoms with Gasteiger partial charge in [0, 0.05) is 6.04 Å². The molecule has 0 aromatic rings.